The summed E-state index contributed by atoms with van der Waals surface area (Å²) in [6.45, 7) is 3.85. The maximum absolute atomic E-state index is 13.1. The third kappa shape index (κ3) is 1.13. The van der Waals surface area contributed by atoms with Crippen LogP contribution in [0.4, 0.5) is 4.39 Å². The molecule has 1 heterocycles. The van der Waals surface area contributed by atoms with Gasteiger partial charge in [-0.05, 0) is 6.42 Å². The summed E-state index contributed by atoms with van der Waals surface area (Å²) in [6, 6.07) is 0. The van der Waals surface area contributed by atoms with Crippen LogP contribution in [0.25, 0.3) is 0 Å². The average molecular weight is 145 g/mol. The molecule has 0 aromatic heterocycles. The zero-order valence-corrected chi connectivity index (χ0v) is 6.35. The summed E-state index contributed by atoms with van der Waals surface area (Å²) in [4.78, 5) is 12.1. The predicted octanol–water partition coefficient (Wildman–Crippen LogP) is 0.967. The Morgan fingerprint density at radius 1 is 1.70 bits per heavy atom. The fourth-order valence-corrected chi connectivity index (χ4v) is 1.08. The number of hydrogen-bond donors (Lipinski definition) is 0. The maximum atomic E-state index is 13.1. The van der Waals surface area contributed by atoms with Crippen molar-refractivity contribution in [3.05, 3.63) is 0 Å². The number of halogens is 1. The highest BCUT2D eigenvalue weighted by molar-refractivity contribution is 5.74. The van der Waals surface area contributed by atoms with Crippen molar-refractivity contribution in [2.75, 3.05) is 13.1 Å². The second kappa shape index (κ2) is 2.22. The Morgan fingerprint density at radius 3 is 2.50 bits per heavy atom. The molecule has 1 fully saturated rings. The van der Waals surface area contributed by atoms with Gasteiger partial charge in [0.05, 0.1) is 13.1 Å². The monoisotopic (exact) mass is 145 g/mol. The smallest absolute Gasteiger partial charge is 0.219 e. The Morgan fingerprint density at radius 2 is 2.20 bits per heavy atom. The molecule has 1 aliphatic heterocycles. The van der Waals surface area contributed by atoms with Crippen LogP contribution < -0.4 is 0 Å². The number of nitrogens with zero attached hydrogens (tertiary/aromatic N) is 1. The lowest BCUT2D eigenvalue weighted by molar-refractivity contribution is -0.143. The summed E-state index contributed by atoms with van der Waals surface area (Å²) >= 11 is 0. The van der Waals surface area contributed by atoms with E-state index in [2.05, 4.69) is 0 Å². The molecule has 0 unspecified atom stereocenters. The van der Waals surface area contributed by atoms with Crippen molar-refractivity contribution in [2.45, 2.75) is 25.9 Å². The van der Waals surface area contributed by atoms with Crippen LogP contribution in [-0.4, -0.2) is 29.6 Å². The van der Waals surface area contributed by atoms with Crippen LogP contribution in [0.2, 0.25) is 0 Å². The third-order valence-corrected chi connectivity index (χ3v) is 2.03. The zero-order valence-electron chi connectivity index (χ0n) is 6.35. The van der Waals surface area contributed by atoms with Crippen molar-refractivity contribution in [3.8, 4) is 0 Å². The molecule has 1 saturated heterocycles. The molecule has 3 heteroatoms. The molecule has 0 bridgehead atoms. The highest BCUT2D eigenvalue weighted by Gasteiger charge is 2.42. The van der Waals surface area contributed by atoms with Crippen molar-refractivity contribution < 1.29 is 9.18 Å². The van der Waals surface area contributed by atoms with Gasteiger partial charge in [0.1, 0.15) is 5.67 Å². The normalized spacial score (nSPS) is 22.1. The molecule has 0 saturated carbocycles. The highest BCUT2D eigenvalue weighted by atomic mass is 19.1. The lowest BCUT2D eigenvalue weighted by Crippen LogP contribution is -2.59. The molecule has 1 aliphatic rings. The predicted molar refractivity (Wildman–Crippen MR) is 36.4 cm³/mol. The second-order valence-corrected chi connectivity index (χ2v) is 2.88. The van der Waals surface area contributed by atoms with E-state index in [0.29, 0.717) is 19.5 Å². The fourth-order valence-electron chi connectivity index (χ4n) is 1.08. The van der Waals surface area contributed by atoms with Crippen LogP contribution >= 0.6 is 0 Å². The Labute approximate surface area is 60.0 Å². The SMILES string of the molecule is CCC1(F)CN(C(C)=O)C1. The van der Waals surface area contributed by atoms with Crippen molar-refractivity contribution in [1.29, 1.82) is 0 Å². The number of carbonyl (C=O) groups excluding carboxylic acids is 1. The quantitative estimate of drug-likeness (QED) is 0.538. The lowest BCUT2D eigenvalue weighted by Gasteiger charge is -2.43. The van der Waals surface area contributed by atoms with E-state index in [0.717, 1.165) is 0 Å². The van der Waals surface area contributed by atoms with E-state index in [4.69, 9.17) is 0 Å². The minimum absolute atomic E-state index is 0.0262. The first kappa shape index (κ1) is 7.51. The third-order valence-electron chi connectivity index (χ3n) is 2.03. The Balaban J connectivity index is 2.36. The first-order valence-corrected chi connectivity index (χ1v) is 3.52. The highest BCUT2D eigenvalue weighted by Crippen LogP contribution is 2.28. The van der Waals surface area contributed by atoms with Crippen molar-refractivity contribution >= 4 is 5.91 Å². The minimum atomic E-state index is -1.08. The summed E-state index contributed by atoms with van der Waals surface area (Å²) in [6.07, 6.45) is 0.511. The van der Waals surface area contributed by atoms with Gasteiger partial charge in [-0.2, -0.15) is 0 Å². The van der Waals surface area contributed by atoms with E-state index in [9.17, 15) is 9.18 Å². The van der Waals surface area contributed by atoms with Gasteiger partial charge in [0, 0.05) is 6.92 Å². The van der Waals surface area contributed by atoms with Gasteiger partial charge in [0.2, 0.25) is 5.91 Å². The van der Waals surface area contributed by atoms with Gasteiger partial charge in [-0.3, -0.25) is 4.79 Å². The van der Waals surface area contributed by atoms with Crippen molar-refractivity contribution in [3.63, 3.8) is 0 Å². The van der Waals surface area contributed by atoms with Gasteiger partial charge in [-0.1, -0.05) is 6.92 Å². The summed E-state index contributed by atoms with van der Waals surface area (Å²) in [5.41, 5.74) is -1.08. The molecule has 0 aliphatic carbocycles. The zero-order chi connectivity index (χ0) is 7.78. The van der Waals surface area contributed by atoms with Crippen LogP contribution in [0.5, 0.6) is 0 Å². The van der Waals surface area contributed by atoms with E-state index in [1.165, 1.54) is 11.8 Å². The molecule has 0 N–H and O–H groups in total. The lowest BCUT2D eigenvalue weighted by atomic mass is 9.93. The van der Waals surface area contributed by atoms with Gasteiger partial charge in [0.15, 0.2) is 0 Å². The fraction of sp³-hybridized carbons (Fsp3) is 0.857. The first-order chi connectivity index (χ1) is 4.57. The second-order valence-electron chi connectivity index (χ2n) is 2.88. The molecule has 0 aromatic carbocycles. The van der Waals surface area contributed by atoms with E-state index in [1.807, 2.05) is 0 Å². The standard InChI is InChI=1S/C7H12FNO/c1-3-7(8)4-9(5-7)6(2)10/h3-5H2,1-2H3. The van der Waals surface area contributed by atoms with Gasteiger partial charge in [-0.25, -0.2) is 4.39 Å². The molecular formula is C7H12FNO. The number of hydrogen-bond acceptors (Lipinski definition) is 1. The number of alkyl halides is 1. The maximum Gasteiger partial charge on any atom is 0.219 e. The Kier molecular flexibility index (Phi) is 1.67. The van der Waals surface area contributed by atoms with E-state index < -0.39 is 5.67 Å². The van der Waals surface area contributed by atoms with Crippen molar-refractivity contribution in [2.24, 2.45) is 0 Å². The topological polar surface area (TPSA) is 20.3 Å². The van der Waals surface area contributed by atoms with Gasteiger partial charge in [-0.15, -0.1) is 0 Å². The molecule has 10 heavy (non-hydrogen) atoms. The summed E-state index contributed by atoms with van der Waals surface area (Å²) in [5.74, 6) is -0.0262. The number of carbonyl (C=O) groups is 1. The Bertz CT molecular complexity index is 152. The van der Waals surface area contributed by atoms with Gasteiger partial charge < -0.3 is 4.90 Å². The van der Waals surface area contributed by atoms with Crippen LogP contribution in [0, 0.1) is 0 Å². The minimum Gasteiger partial charge on any atom is -0.336 e. The van der Waals surface area contributed by atoms with E-state index in [1.54, 1.807) is 6.92 Å². The van der Waals surface area contributed by atoms with E-state index >= 15 is 0 Å². The largest absolute Gasteiger partial charge is 0.336 e. The number of likely N-dealkylation sites (tertiary alicyclic amines) is 1. The number of rotatable bonds is 1. The molecule has 1 amide bonds. The first-order valence-electron chi connectivity index (χ1n) is 3.52. The molecular weight excluding hydrogens is 133 g/mol. The summed E-state index contributed by atoms with van der Waals surface area (Å²) in [7, 11) is 0. The molecule has 0 radical (unpaired) electrons. The van der Waals surface area contributed by atoms with Crippen LogP contribution in [0.3, 0.4) is 0 Å². The molecule has 2 nitrogen and oxygen atoms in total. The summed E-state index contributed by atoms with van der Waals surface area (Å²) < 4.78 is 13.1. The van der Waals surface area contributed by atoms with Gasteiger partial charge in [0.25, 0.3) is 0 Å². The Hall–Kier alpha value is -0.600. The average Bonchev–Trinajstić information content (AvgIpc) is 1.80. The molecule has 0 atom stereocenters. The molecule has 58 valence electrons. The van der Waals surface area contributed by atoms with E-state index in [-0.39, 0.29) is 5.91 Å². The summed E-state index contributed by atoms with van der Waals surface area (Å²) in [5, 5.41) is 0. The molecule has 0 aromatic rings. The van der Waals surface area contributed by atoms with Gasteiger partial charge >= 0.3 is 0 Å². The molecule has 1 rings (SSSR count). The van der Waals surface area contributed by atoms with Crippen molar-refractivity contribution in [1.82, 2.24) is 4.90 Å². The van der Waals surface area contributed by atoms with Crippen LogP contribution in [0.15, 0.2) is 0 Å². The number of amides is 1. The molecule has 0 spiro atoms. The van der Waals surface area contributed by atoms with Crippen LogP contribution in [-0.2, 0) is 4.79 Å². The van der Waals surface area contributed by atoms with Crippen LogP contribution in [0.1, 0.15) is 20.3 Å².